The van der Waals surface area contributed by atoms with E-state index in [1.165, 1.54) is 32.8 Å². The number of methoxy groups -OCH3 is 1. The Balaban J connectivity index is 1.92. The van der Waals surface area contributed by atoms with E-state index in [2.05, 4.69) is 27.2 Å². The molecule has 1 saturated carbocycles. The standard InChI is InChI=1S/C13H19N3O2/c1-13(7-3-4-8-13)9-14-11-6-5-10(15-16-11)12(17)18-2/h5-6H,3-4,7-9H2,1-2H3,(H,14,16). The Morgan fingerprint density at radius 1 is 1.39 bits per heavy atom. The highest BCUT2D eigenvalue weighted by Crippen LogP contribution is 2.37. The second-order valence-corrected chi connectivity index (χ2v) is 5.17. The number of esters is 1. The minimum absolute atomic E-state index is 0.232. The van der Waals surface area contributed by atoms with Gasteiger partial charge < -0.3 is 10.1 Å². The number of carbonyl (C=O) groups is 1. The summed E-state index contributed by atoms with van der Waals surface area (Å²) in [6, 6.07) is 3.38. The maximum atomic E-state index is 11.2. The molecule has 0 aromatic carbocycles. The number of nitrogens with zero attached hydrogens (tertiary/aromatic N) is 2. The van der Waals surface area contributed by atoms with Gasteiger partial charge in [-0.2, -0.15) is 0 Å². The van der Waals surface area contributed by atoms with Gasteiger partial charge in [-0.25, -0.2) is 4.79 Å². The fourth-order valence-electron chi connectivity index (χ4n) is 2.35. The Morgan fingerprint density at radius 3 is 2.67 bits per heavy atom. The van der Waals surface area contributed by atoms with Crippen molar-refractivity contribution in [1.82, 2.24) is 10.2 Å². The number of rotatable bonds is 4. The van der Waals surface area contributed by atoms with Gasteiger partial charge in [0, 0.05) is 6.54 Å². The number of aromatic nitrogens is 2. The molecule has 1 fully saturated rings. The van der Waals surface area contributed by atoms with Gasteiger partial charge in [0.25, 0.3) is 0 Å². The average molecular weight is 249 g/mol. The summed E-state index contributed by atoms with van der Waals surface area (Å²) in [6.45, 7) is 3.20. The normalized spacial score (nSPS) is 17.4. The Hall–Kier alpha value is -1.65. The first kappa shape index (κ1) is 12.8. The van der Waals surface area contributed by atoms with E-state index < -0.39 is 5.97 Å². The number of nitrogens with one attached hydrogen (secondary N) is 1. The first-order valence-electron chi connectivity index (χ1n) is 6.29. The number of hydrogen-bond donors (Lipinski definition) is 1. The fourth-order valence-corrected chi connectivity index (χ4v) is 2.35. The predicted octanol–water partition coefficient (Wildman–Crippen LogP) is 2.26. The lowest BCUT2D eigenvalue weighted by Crippen LogP contribution is -2.23. The number of ether oxygens (including phenoxy) is 1. The zero-order valence-corrected chi connectivity index (χ0v) is 10.9. The average Bonchev–Trinajstić information content (AvgIpc) is 2.83. The topological polar surface area (TPSA) is 64.1 Å². The van der Waals surface area contributed by atoms with Gasteiger partial charge in [0.15, 0.2) is 5.69 Å². The number of carbonyl (C=O) groups excluding carboxylic acids is 1. The minimum Gasteiger partial charge on any atom is -0.464 e. The van der Waals surface area contributed by atoms with Crippen LogP contribution in [-0.4, -0.2) is 29.8 Å². The third-order valence-corrected chi connectivity index (χ3v) is 3.57. The van der Waals surface area contributed by atoms with Crippen molar-refractivity contribution < 1.29 is 9.53 Å². The van der Waals surface area contributed by atoms with Crippen LogP contribution in [0.25, 0.3) is 0 Å². The zero-order chi connectivity index (χ0) is 13.0. The maximum absolute atomic E-state index is 11.2. The van der Waals surface area contributed by atoms with Crippen LogP contribution in [0.1, 0.15) is 43.1 Å². The lowest BCUT2D eigenvalue weighted by molar-refractivity contribution is 0.0593. The SMILES string of the molecule is COC(=O)c1ccc(NCC2(C)CCCC2)nn1. The lowest BCUT2D eigenvalue weighted by Gasteiger charge is -2.23. The van der Waals surface area contributed by atoms with E-state index in [-0.39, 0.29) is 5.69 Å². The maximum Gasteiger partial charge on any atom is 0.358 e. The van der Waals surface area contributed by atoms with E-state index in [0.29, 0.717) is 11.2 Å². The monoisotopic (exact) mass is 249 g/mol. The molecule has 5 nitrogen and oxygen atoms in total. The molecule has 1 aliphatic rings. The Morgan fingerprint density at radius 2 is 2.11 bits per heavy atom. The van der Waals surface area contributed by atoms with E-state index in [0.717, 1.165) is 6.54 Å². The van der Waals surface area contributed by atoms with Gasteiger partial charge in [-0.1, -0.05) is 19.8 Å². The van der Waals surface area contributed by atoms with Crippen LogP contribution < -0.4 is 5.32 Å². The van der Waals surface area contributed by atoms with Crippen molar-refractivity contribution in [2.24, 2.45) is 5.41 Å². The molecule has 0 spiro atoms. The first-order chi connectivity index (χ1) is 8.63. The summed E-state index contributed by atoms with van der Waals surface area (Å²) in [7, 11) is 1.33. The molecule has 1 heterocycles. The zero-order valence-electron chi connectivity index (χ0n) is 10.9. The second-order valence-electron chi connectivity index (χ2n) is 5.17. The highest BCUT2D eigenvalue weighted by Gasteiger charge is 2.28. The van der Waals surface area contributed by atoms with E-state index >= 15 is 0 Å². The Kier molecular flexibility index (Phi) is 3.79. The van der Waals surface area contributed by atoms with Crippen molar-refractivity contribution in [3.63, 3.8) is 0 Å². The highest BCUT2D eigenvalue weighted by atomic mass is 16.5. The van der Waals surface area contributed by atoms with Crippen LogP contribution in [0.5, 0.6) is 0 Å². The Bertz CT molecular complexity index is 411. The van der Waals surface area contributed by atoms with E-state index in [9.17, 15) is 4.79 Å². The molecular weight excluding hydrogens is 230 g/mol. The van der Waals surface area contributed by atoms with Gasteiger partial charge in [-0.05, 0) is 30.4 Å². The summed E-state index contributed by atoms with van der Waals surface area (Å²) in [5.74, 6) is 0.243. The van der Waals surface area contributed by atoms with E-state index in [1.807, 2.05) is 0 Å². The van der Waals surface area contributed by atoms with Crippen LogP contribution in [0, 0.1) is 5.41 Å². The molecule has 0 amide bonds. The van der Waals surface area contributed by atoms with Crippen molar-refractivity contribution in [2.75, 3.05) is 19.0 Å². The van der Waals surface area contributed by atoms with E-state index in [1.54, 1.807) is 12.1 Å². The molecule has 0 unspecified atom stereocenters. The summed E-state index contributed by atoms with van der Waals surface area (Å²) in [6.07, 6.45) is 5.14. The third-order valence-electron chi connectivity index (χ3n) is 3.57. The summed E-state index contributed by atoms with van der Waals surface area (Å²) < 4.78 is 4.57. The molecule has 0 radical (unpaired) electrons. The van der Waals surface area contributed by atoms with Gasteiger partial charge in [-0.3, -0.25) is 0 Å². The fraction of sp³-hybridized carbons (Fsp3) is 0.615. The molecule has 0 bridgehead atoms. The molecule has 0 atom stereocenters. The third kappa shape index (κ3) is 2.97. The van der Waals surface area contributed by atoms with Crippen molar-refractivity contribution in [3.8, 4) is 0 Å². The van der Waals surface area contributed by atoms with Gasteiger partial charge >= 0.3 is 5.97 Å². The Labute approximate surface area is 107 Å². The molecule has 1 aliphatic carbocycles. The van der Waals surface area contributed by atoms with Crippen molar-refractivity contribution in [3.05, 3.63) is 17.8 Å². The van der Waals surface area contributed by atoms with Crippen LogP contribution >= 0.6 is 0 Å². The van der Waals surface area contributed by atoms with Crippen molar-refractivity contribution in [1.29, 1.82) is 0 Å². The van der Waals surface area contributed by atoms with Crippen molar-refractivity contribution >= 4 is 11.8 Å². The van der Waals surface area contributed by atoms with Gasteiger partial charge in [0.2, 0.25) is 0 Å². The minimum atomic E-state index is -0.461. The quantitative estimate of drug-likeness (QED) is 0.829. The summed E-state index contributed by atoms with van der Waals surface area (Å²) in [5, 5.41) is 11.1. The molecular formula is C13H19N3O2. The lowest BCUT2D eigenvalue weighted by atomic mass is 9.89. The second kappa shape index (κ2) is 5.33. The van der Waals surface area contributed by atoms with Crippen LogP contribution in [0.4, 0.5) is 5.82 Å². The molecule has 1 N–H and O–H groups in total. The first-order valence-corrected chi connectivity index (χ1v) is 6.29. The molecule has 5 heteroatoms. The smallest absolute Gasteiger partial charge is 0.358 e. The van der Waals surface area contributed by atoms with Crippen LogP contribution in [0.15, 0.2) is 12.1 Å². The largest absolute Gasteiger partial charge is 0.464 e. The summed E-state index contributed by atoms with van der Waals surface area (Å²) in [4.78, 5) is 11.2. The molecule has 0 saturated heterocycles. The predicted molar refractivity (Wildman–Crippen MR) is 68.4 cm³/mol. The van der Waals surface area contributed by atoms with Gasteiger partial charge in [-0.15, -0.1) is 10.2 Å². The van der Waals surface area contributed by atoms with Crippen LogP contribution in [0.3, 0.4) is 0 Å². The molecule has 98 valence electrons. The van der Waals surface area contributed by atoms with Crippen molar-refractivity contribution in [2.45, 2.75) is 32.6 Å². The molecule has 1 aromatic rings. The summed E-state index contributed by atoms with van der Waals surface area (Å²) in [5.41, 5.74) is 0.595. The van der Waals surface area contributed by atoms with Gasteiger partial charge in [0.05, 0.1) is 7.11 Å². The highest BCUT2D eigenvalue weighted by molar-refractivity contribution is 5.86. The molecule has 18 heavy (non-hydrogen) atoms. The van der Waals surface area contributed by atoms with Crippen LogP contribution in [-0.2, 0) is 4.74 Å². The summed E-state index contributed by atoms with van der Waals surface area (Å²) >= 11 is 0. The van der Waals surface area contributed by atoms with Crippen LogP contribution in [0.2, 0.25) is 0 Å². The van der Waals surface area contributed by atoms with Gasteiger partial charge in [0.1, 0.15) is 5.82 Å². The van der Waals surface area contributed by atoms with E-state index in [4.69, 9.17) is 0 Å². The molecule has 2 rings (SSSR count). The number of hydrogen-bond acceptors (Lipinski definition) is 5. The molecule has 1 aromatic heterocycles. The molecule has 0 aliphatic heterocycles. The number of anilines is 1.